The molecule has 8 nitrogen and oxygen atoms in total. The summed E-state index contributed by atoms with van der Waals surface area (Å²) in [5.41, 5.74) is -0.277. The Balaban J connectivity index is 1.40. The number of Topliss-reactive ketones (excluding diaryl/α,β-unsaturated/α-hetero) is 1. The molecule has 1 aliphatic heterocycles. The molecule has 2 aromatic carbocycles. The molecule has 0 saturated carbocycles. The minimum absolute atomic E-state index is 0.0736. The van der Waals surface area contributed by atoms with Crippen LogP contribution in [0.4, 0.5) is 27.6 Å². The van der Waals surface area contributed by atoms with Crippen molar-refractivity contribution in [1.29, 1.82) is 0 Å². The molecule has 1 aromatic heterocycles. The second kappa shape index (κ2) is 12.0. The van der Waals surface area contributed by atoms with E-state index in [9.17, 15) is 31.5 Å². The molecule has 1 amide bonds. The van der Waals surface area contributed by atoms with Crippen molar-refractivity contribution >= 4 is 17.4 Å². The van der Waals surface area contributed by atoms with E-state index >= 15 is 0 Å². The van der Waals surface area contributed by atoms with Crippen molar-refractivity contribution in [1.82, 2.24) is 9.78 Å². The topological polar surface area (TPSA) is 82.9 Å². The summed E-state index contributed by atoms with van der Waals surface area (Å²) in [4.78, 5) is 28.3. The van der Waals surface area contributed by atoms with Gasteiger partial charge in [-0.3, -0.25) is 14.3 Å². The van der Waals surface area contributed by atoms with Gasteiger partial charge in [0.25, 0.3) is 0 Å². The molecule has 1 atom stereocenters. The lowest BCUT2D eigenvalue weighted by atomic mass is 9.90. The van der Waals surface area contributed by atoms with E-state index in [4.69, 9.17) is 14.2 Å². The second-order valence-corrected chi connectivity index (χ2v) is 10.7. The van der Waals surface area contributed by atoms with Crippen molar-refractivity contribution in [2.45, 2.75) is 50.6 Å². The molecule has 13 heteroatoms. The highest BCUT2D eigenvalue weighted by molar-refractivity contribution is 5.97. The van der Waals surface area contributed by atoms with Crippen molar-refractivity contribution < 1.29 is 45.8 Å². The fraction of sp³-hybridized carbons (Fsp3) is 0.433. The third-order valence-corrected chi connectivity index (χ3v) is 7.78. The summed E-state index contributed by atoms with van der Waals surface area (Å²) < 4.78 is 87.2. The van der Waals surface area contributed by atoms with Crippen LogP contribution < -0.4 is 9.64 Å². The zero-order valence-corrected chi connectivity index (χ0v) is 23.5. The largest absolute Gasteiger partial charge is 0.497 e. The molecule has 5 rings (SSSR count). The van der Waals surface area contributed by atoms with Crippen LogP contribution in [0, 0.1) is 17.6 Å². The first-order valence-corrected chi connectivity index (χ1v) is 13.7. The standard InChI is InChI=1S/C30H30F5N3O5/c1-37(22-3-5-24(41-2)6-4-22)28(40)19(11-18-12-20(31)15-21(32)13-18)14-23(39)17-38-26-7-8-29(42-9-10-43-29)16-25(26)27(36-38)30(33,34)35/h3-6,12-13,15,19H,7-11,14,16-17H2,1-2H3/t19-/m1/s1. The van der Waals surface area contributed by atoms with Gasteiger partial charge < -0.3 is 19.1 Å². The second-order valence-electron chi connectivity index (χ2n) is 10.7. The summed E-state index contributed by atoms with van der Waals surface area (Å²) in [5, 5.41) is 3.77. The van der Waals surface area contributed by atoms with Crippen LogP contribution in [0.5, 0.6) is 5.75 Å². The quantitative estimate of drug-likeness (QED) is 0.322. The highest BCUT2D eigenvalue weighted by atomic mass is 19.4. The van der Waals surface area contributed by atoms with Gasteiger partial charge in [-0.15, -0.1) is 0 Å². The number of ketones is 1. The number of alkyl halides is 3. The molecule has 230 valence electrons. The van der Waals surface area contributed by atoms with Gasteiger partial charge in [-0.05, 0) is 54.8 Å². The number of aromatic nitrogens is 2. The van der Waals surface area contributed by atoms with Gasteiger partial charge >= 0.3 is 6.18 Å². The Morgan fingerprint density at radius 3 is 2.35 bits per heavy atom. The van der Waals surface area contributed by atoms with E-state index in [2.05, 4.69) is 5.10 Å². The van der Waals surface area contributed by atoms with Crippen molar-refractivity contribution in [3.8, 4) is 5.75 Å². The lowest BCUT2D eigenvalue weighted by molar-refractivity contribution is -0.167. The van der Waals surface area contributed by atoms with Crippen molar-refractivity contribution in [2.75, 3.05) is 32.3 Å². The molecule has 1 saturated heterocycles. The molecule has 0 N–H and O–H groups in total. The first-order chi connectivity index (χ1) is 20.4. The number of benzene rings is 2. The van der Waals surface area contributed by atoms with Crippen LogP contribution in [-0.4, -0.2) is 54.6 Å². The number of ether oxygens (including phenoxy) is 3. The van der Waals surface area contributed by atoms with E-state index in [-0.39, 0.29) is 49.3 Å². The molecule has 2 aliphatic rings. The van der Waals surface area contributed by atoms with E-state index in [0.29, 0.717) is 23.9 Å². The Morgan fingerprint density at radius 1 is 1.09 bits per heavy atom. The van der Waals surface area contributed by atoms with E-state index in [1.807, 2.05) is 0 Å². The third kappa shape index (κ3) is 6.72. The lowest BCUT2D eigenvalue weighted by Crippen LogP contribution is -2.38. The van der Waals surface area contributed by atoms with E-state index < -0.39 is 59.9 Å². The molecule has 1 fully saturated rings. The van der Waals surface area contributed by atoms with Crippen LogP contribution in [0.1, 0.15) is 35.4 Å². The van der Waals surface area contributed by atoms with Crippen LogP contribution in [-0.2, 0) is 51.0 Å². The number of amides is 1. The van der Waals surface area contributed by atoms with Crippen molar-refractivity contribution in [2.24, 2.45) is 5.92 Å². The maximum atomic E-state index is 14.0. The first kappa shape index (κ1) is 30.6. The molecule has 1 aliphatic carbocycles. The van der Waals surface area contributed by atoms with Gasteiger partial charge in [0.2, 0.25) is 5.91 Å². The average Bonchev–Trinajstić information content (AvgIpc) is 3.55. The number of nitrogens with zero attached hydrogens (tertiary/aromatic N) is 3. The number of anilines is 1. The summed E-state index contributed by atoms with van der Waals surface area (Å²) in [6.07, 6.45) is -5.04. The molecule has 1 spiro atoms. The number of methoxy groups -OCH3 is 1. The smallest absolute Gasteiger partial charge is 0.435 e. The number of halogens is 5. The minimum atomic E-state index is -4.77. The van der Waals surface area contributed by atoms with Crippen LogP contribution in [0.3, 0.4) is 0 Å². The monoisotopic (exact) mass is 607 g/mol. The molecular formula is C30H30F5N3O5. The van der Waals surface area contributed by atoms with Gasteiger partial charge in [-0.2, -0.15) is 18.3 Å². The van der Waals surface area contributed by atoms with E-state index in [0.717, 1.165) is 16.8 Å². The summed E-state index contributed by atoms with van der Waals surface area (Å²) in [7, 11) is 2.99. The van der Waals surface area contributed by atoms with Crippen LogP contribution in [0.25, 0.3) is 0 Å². The Kier molecular flexibility index (Phi) is 8.57. The fourth-order valence-corrected chi connectivity index (χ4v) is 5.74. The number of hydrogen-bond acceptors (Lipinski definition) is 6. The molecule has 3 aromatic rings. The number of carbonyl (C=O) groups is 2. The van der Waals surface area contributed by atoms with Crippen molar-refractivity contribution in [3.05, 3.63) is 76.6 Å². The van der Waals surface area contributed by atoms with Crippen LogP contribution in [0.15, 0.2) is 42.5 Å². The van der Waals surface area contributed by atoms with Gasteiger partial charge in [0.15, 0.2) is 17.3 Å². The van der Waals surface area contributed by atoms with Crippen molar-refractivity contribution in [3.63, 3.8) is 0 Å². The highest BCUT2D eigenvalue weighted by Crippen LogP contribution is 2.41. The van der Waals surface area contributed by atoms with Gasteiger partial charge in [0.05, 0.1) is 26.9 Å². The van der Waals surface area contributed by atoms with E-state index in [1.54, 1.807) is 24.3 Å². The Morgan fingerprint density at radius 2 is 1.74 bits per heavy atom. The Labute approximate surface area is 244 Å². The van der Waals surface area contributed by atoms with E-state index in [1.165, 1.54) is 19.1 Å². The lowest BCUT2D eigenvalue weighted by Gasteiger charge is -2.32. The summed E-state index contributed by atoms with van der Waals surface area (Å²) in [5.74, 6) is -4.42. The maximum Gasteiger partial charge on any atom is 0.435 e. The fourth-order valence-electron chi connectivity index (χ4n) is 5.74. The van der Waals surface area contributed by atoms with Gasteiger partial charge in [-0.1, -0.05) is 0 Å². The minimum Gasteiger partial charge on any atom is -0.497 e. The van der Waals surface area contributed by atoms with Crippen LogP contribution >= 0.6 is 0 Å². The molecule has 43 heavy (non-hydrogen) atoms. The van der Waals surface area contributed by atoms with Gasteiger partial charge in [-0.25, -0.2) is 8.78 Å². The first-order valence-electron chi connectivity index (χ1n) is 13.7. The average molecular weight is 608 g/mol. The summed E-state index contributed by atoms with van der Waals surface area (Å²) in [6, 6.07) is 9.40. The molecule has 0 radical (unpaired) electrons. The highest BCUT2D eigenvalue weighted by Gasteiger charge is 2.47. The number of hydrogen-bond donors (Lipinski definition) is 0. The molecule has 0 bridgehead atoms. The predicted molar refractivity (Wildman–Crippen MR) is 143 cm³/mol. The SMILES string of the molecule is COc1ccc(N(C)C(=O)[C@@H](CC(=O)Cn2nc(C(F)(F)F)c3c2CCC2(C3)OCCO2)Cc2cc(F)cc(F)c2)cc1. The molecule has 2 heterocycles. The summed E-state index contributed by atoms with van der Waals surface area (Å²) >= 11 is 0. The third-order valence-electron chi connectivity index (χ3n) is 7.78. The van der Waals surface area contributed by atoms with Gasteiger partial charge in [0.1, 0.15) is 17.4 Å². The Bertz CT molecular complexity index is 1480. The number of rotatable bonds is 9. The Hall–Kier alpha value is -3.84. The number of fused-ring (bicyclic) bond motifs is 1. The molecule has 0 unspecified atom stereocenters. The maximum absolute atomic E-state index is 14.0. The molecular weight excluding hydrogens is 577 g/mol. The predicted octanol–water partition coefficient (Wildman–Crippen LogP) is 4.90. The number of carbonyl (C=O) groups excluding carboxylic acids is 2. The van der Waals surface area contributed by atoms with Crippen LogP contribution in [0.2, 0.25) is 0 Å². The normalized spacial score (nSPS) is 16.6. The zero-order chi connectivity index (χ0) is 30.9. The zero-order valence-electron chi connectivity index (χ0n) is 23.5. The van der Waals surface area contributed by atoms with Gasteiger partial charge in [0, 0.05) is 55.2 Å². The summed E-state index contributed by atoms with van der Waals surface area (Å²) in [6.45, 7) is 0.0402.